The van der Waals surface area contributed by atoms with Crippen LogP contribution in [0.5, 0.6) is 5.75 Å². The predicted molar refractivity (Wildman–Crippen MR) is 90.8 cm³/mol. The number of aromatic nitrogens is 2. The summed E-state index contributed by atoms with van der Waals surface area (Å²) in [5.41, 5.74) is 1.63. The second-order valence-electron chi connectivity index (χ2n) is 4.92. The maximum atomic E-state index is 12.1. The third-order valence-corrected chi connectivity index (χ3v) is 4.41. The second kappa shape index (κ2) is 7.26. The van der Waals surface area contributed by atoms with Gasteiger partial charge in [-0.15, -0.1) is 0 Å². The van der Waals surface area contributed by atoms with Crippen molar-refractivity contribution in [2.24, 2.45) is 0 Å². The molecule has 1 aromatic carbocycles. The standard InChI is InChI=1S/C15H18N4O4S/c1-4-24(21,22)19-12-6-5-11(7-14(12)23-3)18-15(20)13-9-16-10(2)8-17-13/h5-9,19H,4H2,1-3H3,(H,18,20). The molecule has 0 saturated heterocycles. The molecule has 24 heavy (non-hydrogen) atoms. The highest BCUT2D eigenvalue weighted by atomic mass is 32.2. The first-order valence-electron chi connectivity index (χ1n) is 7.13. The molecule has 0 aliphatic rings. The first kappa shape index (κ1) is 17.7. The first-order valence-corrected chi connectivity index (χ1v) is 8.78. The summed E-state index contributed by atoms with van der Waals surface area (Å²) < 4.78 is 30.9. The summed E-state index contributed by atoms with van der Waals surface area (Å²) >= 11 is 0. The van der Waals surface area contributed by atoms with E-state index in [1.165, 1.54) is 38.6 Å². The van der Waals surface area contributed by atoms with Crippen molar-refractivity contribution in [3.63, 3.8) is 0 Å². The van der Waals surface area contributed by atoms with Gasteiger partial charge in [0, 0.05) is 18.0 Å². The number of amides is 1. The van der Waals surface area contributed by atoms with E-state index in [1.807, 2.05) is 0 Å². The smallest absolute Gasteiger partial charge is 0.275 e. The van der Waals surface area contributed by atoms with Crippen LogP contribution < -0.4 is 14.8 Å². The summed E-state index contributed by atoms with van der Waals surface area (Å²) in [6, 6.07) is 4.60. The molecular formula is C15H18N4O4S. The number of sulfonamides is 1. The van der Waals surface area contributed by atoms with Crippen molar-refractivity contribution in [2.75, 3.05) is 22.9 Å². The van der Waals surface area contributed by atoms with Crippen LogP contribution in [0.25, 0.3) is 0 Å². The summed E-state index contributed by atoms with van der Waals surface area (Å²) in [7, 11) is -2.01. The third-order valence-electron chi connectivity index (χ3n) is 3.12. The molecule has 0 spiro atoms. The van der Waals surface area contributed by atoms with Crippen LogP contribution in [-0.4, -0.2) is 37.2 Å². The molecule has 8 nitrogen and oxygen atoms in total. The van der Waals surface area contributed by atoms with Gasteiger partial charge < -0.3 is 10.1 Å². The molecule has 9 heteroatoms. The van der Waals surface area contributed by atoms with Gasteiger partial charge in [-0.2, -0.15) is 0 Å². The number of carbonyl (C=O) groups is 1. The fourth-order valence-electron chi connectivity index (χ4n) is 1.80. The quantitative estimate of drug-likeness (QED) is 0.822. The average molecular weight is 350 g/mol. The molecule has 0 atom stereocenters. The number of anilines is 2. The molecule has 0 aliphatic heterocycles. The maximum Gasteiger partial charge on any atom is 0.275 e. The minimum Gasteiger partial charge on any atom is -0.494 e. The van der Waals surface area contributed by atoms with Crippen molar-refractivity contribution in [1.82, 2.24) is 9.97 Å². The van der Waals surface area contributed by atoms with Gasteiger partial charge in [0.25, 0.3) is 5.91 Å². The molecule has 0 unspecified atom stereocenters. The summed E-state index contributed by atoms with van der Waals surface area (Å²) in [5.74, 6) is -0.188. The molecule has 0 saturated carbocycles. The first-order chi connectivity index (χ1) is 11.3. The van der Waals surface area contributed by atoms with E-state index in [-0.39, 0.29) is 11.4 Å². The van der Waals surface area contributed by atoms with Gasteiger partial charge in [-0.25, -0.2) is 13.4 Å². The average Bonchev–Trinajstić information content (AvgIpc) is 2.56. The van der Waals surface area contributed by atoms with Crippen LogP contribution >= 0.6 is 0 Å². The molecule has 128 valence electrons. The van der Waals surface area contributed by atoms with Crippen LogP contribution in [0.4, 0.5) is 11.4 Å². The van der Waals surface area contributed by atoms with Crippen LogP contribution in [0.15, 0.2) is 30.6 Å². The van der Waals surface area contributed by atoms with E-state index >= 15 is 0 Å². The van der Waals surface area contributed by atoms with Crippen molar-refractivity contribution < 1.29 is 17.9 Å². The Kier molecular flexibility index (Phi) is 5.35. The van der Waals surface area contributed by atoms with Crippen LogP contribution in [0.2, 0.25) is 0 Å². The minimum atomic E-state index is -3.42. The van der Waals surface area contributed by atoms with Crippen molar-refractivity contribution in [3.05, 3.63) is 42.0 Å². The molecule has 2 rings (SSSR count). The number of carbonyl (C=O) groups excluding carboxylic acids is 1. The van der Waals surface area contributed by atoms with Gasteiger partial charge in [0.15, 0.2) is 0 Å². The van der Waals surface area contributed by atoms with Gasteiger partial charge in [0.2, 0.25) is 10.0 Å². The Balaban J connectivity index is 2.20. The SMILES string of the molecule is CCS(=O)(=O)Nc1ccc(NC(=O)c2cnc(C)cn2)cc1OC. The Morgan fingerprint density at radius 3 is 2.58 bits per heavy atom. The van der Waals surface area contributed by atoms with Crippen LogP contribution in [0.1, 0.15) is 23.1 Å². The largest absolute Gasteiger partial charge is 0.494 e. The van der Waals surface area contributed by atoms with E-state index in [9.17, 15) is 13.2 Å². The number of nitrogens with zero attached hydrogens (tertiary/aromatic N) is 2. The molecule has 0 aliphatic carbocycles. The van der Waals surface area contributed by atoms with Gasteiger partial charge in [-0.05, 0) is 26.0 Å². The highest BCUT2D eigenvalue weighted by Crippen LogP contribution is 2.29. The number of nitrogens with one attached hydrogen (secondary N) is 2. The van der Waals surface area contributed by atoms with Crippen molar-refractivity contribution in [1.29, 1.82) is 0 Å². The van der Waals surface area contributed by atoms with Gasteiger partial charge >= 0.3 is 0 Å². The normalized spacial score (nSPS) is 11.0. The Morgan fingerprint density at radius 1 is 1.25 bits per heavy atom. The molecule has 1 heterocycles. The lowest BCUT2D eigenvalue weighted by atomic mass is 10.2. The molecule has 0 bridgehead atoms. The monoisotopic (exact) mass is 350 g/mol. The number of hydrogen-bond acceptors (Lipinski definition) is 6. The van der Waals surface area contributed by atoms with E-state index < -0.39 is 15.9 Å². The van der Waals surface area contributed by atoms with Crippen molar-refractivity contribution in [3.8, 4) is 5.75 Å². The van der Waals surface area contributed by atoms with Gasteiger partial charge in [0.05, 0.1) is 30.4 Å². The number of benzene rings is 1. The molecule has 1 amide bonds. The summed E-state index contributed by atoms with van der Waals surface area (Å²) in [5, 5.41) is 2.66. The predicted octanol–water partition coefficient (Wildman–Crippen LogP) is 1.81. The van der Waals surface area contributed by atoms with E-state index in [0.29, 0.717) is 22.8 Å². The maximum absolute atomic E-state index is 12.1. The van der Waals surface area contributed by atoms with Crippen LogP contribution in [0, 0.1) is 6.92 Å². The zero-order valence-electron chi connectivity index (χ0n) is 13.5. The van der Waals surface area contributed by atoms with Crippen molar-refractivity contribution in [2.45, 2.75) is 13.8 Å². The summed E-state index contributed by atoms with van der Waals surface area (Å²) in [4.78, 5) is 20.1. The number of hydrogen-bond donors (Lipinski definition) is 2. The number of methoxy groups -OCH3 is 1. The Bertz CT molecular complexity index is 835. The highest BCUT2D eigenvalue weighted by molar-refractivity contribution is 7.92. The van der Waals surface area contributed by atoms with Crippen molar-refractivity contribution >= 4 is 27.3 Å². The zero-order valence-corrected chi connectivity index (χ0v) is 14.3. The van der Waals surface area contributed by atoms with Gasteiger partial charge in [-0.1, -0.05) is 0 Å². The van der Waals surface area contributed by atoms with Gasteiger partial charge in [-0.3, -0.25) is 14.5 Å². The molecule has 2 N–H and O–H groups in total. The minimum absolute atomic E-state index is 0.0548. The Hall–Kier alpha value is -2.68. The zero-order chi connectivity index (χ0) is 17.7. The lowest BCUT2D eigenvalue weighted by Gasteiger charge is -2.13. The fraction of sp³-hybridized carbons (Fsp3) is 0.267. The Labute approximate surface area is 140 Å². The topological polar surface area (TPSA) is 110 Å². The Morgan fingerprint density at radius 2 is 2.00 bits per heavy atom. The lowest BCUT2D eigenvalue weighted by molar-refractivity contribution is 0.102. The molecule has 1 aromatic heterocycles. The summed E-state index contributed by atoms with van der Waals surface area (Å²) in [6.07, 6.45) is 2.88. The number of rotatable bonds is 6. The fourth-order valence-corrected chi connectivity index (χ4v) is 2.45. The van der Waals surface area contributed by atoms with E-state index in [4.69, 9.17) is 4.74 Å². The summed E-state index contributed by atoms with van der Waals surface area (Å²) in [6.45, 7) is 3.31. The molecule has 2 aromatic rings. The van der Waals surface area contributed by atoms with E-state index in [1.54, 1.807) is 13.0 Å². The number of aryl methyl sites for hydroxylation is 1. The molecular weight excluding hydrogens is 332 g/mol. The van der Waals surface area contributed by atoms with E-state index in [0.717, 1.165) is 0 Å². The molecule has 0 radical (unpaired) electrons. The molecule has 0 fully saturated rings. The van der Waals surface area contributed by atoms with Crippen LogP contribution in [-0.2, 0) is 10.0 Å². The van der Waals surface area contributed by atoms with Crippen LogP contribution in [0.3, 0.4) is 0 Å². The van der Waals surface area contributed by atoms with Gasteiger partial charge in [0.1, 0.15) is 11.4 Å². The lowest BCUT2D eigenvalue weighted by Crippen LogP contribution is -2.16. The second-order valence-corrected chi connectivity index (χ2v) is 6.93. The third kappa shape index (κ3) is 4.42. The van der Waals surface area contributed by atoms with E-state index in [2.05, 4.69) is 20.0 Å². The highest BCUT2D eigenvalue weighted by Gasteiger charge is 2.13. The number of ether oxygens (including phenoxy) is 1.